The fraction of sp³-hybridized carbons (Fsp3) is 0.438. The van der Waals surface area contributed by atoms with Crippen LogP contribution in [0.3, 0.4) is 0 Å². The van der Waals surface area contributed by atoms with Gasteiger partial charge in [0.05, 0.1) is 18.1 Å². The zero-order valence-corrected chi connectivity index (χ0v) is 13.6. The van der Waals surface area contributed by atoms with E-state index in [0.717, 1.165) is 17.3 Å². The molecule has 1 heterocycles. The topological polar surface area (TPSA) is 47.1 Å². The van der Waals surface area contributed by atoms with Crippen LogP contribution >= 0.6 is 11.6 Å². The van der Waals surface area contributed by atoms with Gasteiger partial charge in [0.25, 0.3) is 0 Å². The van der Waals surface area contributed by atoms with Crippen molar-refractivity contribution in [3.8, 4) is 0 Å². The zero-order chi connectivity index (χ0) is 15.4. The second-order valence-corrected chi connectivity index (χ2v) is 5.69. The SMILES string of the molecule is CCn1cncc1C(CN)N(C)C(C)c1ccc(Cl)cc1. The number of likely N-dealkylation sites (N-methyl/N-ethyl adjacent to an activating group) is 1. The molecule has 0 saturated carbocycles. The highest BCUT2D eigenvalue weighted by Crippen LogP contribution is 2.28. The summed E-state index contributed by atoms with van der Waals surface area (Å²) < 4.78 is 2.14. The molecule has 0 radical (unpaired) electrons. The summed E-state index contributed by atoms with van der Waals surface area (Å²) in [5, 5.41) is 0.757. The summed E-state index contributed by atoms with van der Waals surface area (Å²) in [7, 11) is 2.10. The maximum absolute atomic E-state index is 6.02. The van der Waals surface area contributed by atoms with E-state index in [1.807, 2.05) is 24.7 Å². The van der Waals surface area contributed by atoms with E-state index in [4.69, 9.17) is 17.3 Å². The molecule has 2 unspecified atom stereocenters. The van der Waals surface area contributed by atoms with E-state index in [2.05, 4.69) is 47.5 Å². The number of halogens is 1. The minimum Gasteiger partial charge on any atom is -0.333 e. The highest BCUT2D eigenvalue weighted by atomic mass is 35.5. The molecule has 0 aliphatic rings. The van der Waals surface area contributed by atoms with Crippen LogP contribution in [0.2, 0.25) is 5.02 Å². The molecule has 21 heavy (non-hydrogen) atoms. The number of imidazole rings is 1. The van der Waals surface area contributed by atoms with Crippen molar-refractivity contribution in [2.45, 2.75) is 32.5 Å². The van der Waals surface area contributed by atoms with Crippen molar-refractivity contribution in [2.24, 2.45) is 5.73 Å². The third kappa shape index (κ3) is 3.46. The number of nitrogens with zero attached hydrogens (tertiary/aromatic N) is 3. The lowest BCUT2D eigenvalue weighted by Gasteiger charge is -2.33. The van der Waals surface area contributed by atoms with E-state index in [0.29, 0.717) is 6.54 Å². The van der Waals surface area contributed by atoms with Crippen LogP contribution in [0.25, 0.3) is 0 Å². The first-order valence-electron chi connectivity index (χ1n) is 7.26. The summed E-state index contributed by atoms with van der Waals surface area (Å²) in [4.78, 5) is 6.54. The van der Waals surface area contributed by atoms with Crippen molar-refractivity contribution >= 4 is 11.6 Å². The molecule has 2 N–H and O–H groups in total. The Bertz CT molecular complexity index is 564. The van der Waals surface area contributed by atoms with Crippen LogP contribution in [-0.4, -0.2) is 28.0 Å². The van der Waals surface area contributed by atoms with Crippen LogP contribution < -0.4 is 5.73 Å². The fourth-order valence-corrected chi connectivity index (χ4v) is 2.74. The molecule has 0 spiro atoms. The standard InChI is InChI=1S/C16H23ClN4/c1-4-21-11-19-10-16(21)15(9-18)20(3)12(2)13-5-7-14(17)8-6-13/h5-8,10-12,15H,4,9,18H2,1-3H3. The monoisotopic (exact) mass is 306 g/mol. The number of aromatic nitrogens is 2. The van der Waals surface area contributed by atoms with E-state index in [-0.39, 0.29) is 12.1 Å². The minimum absolute atomic E-state index is 0.137. The first-order chi connectivity index (χ1) is 10.1. The number of rotatable bonds is 6. The lowest BCUT2D eigenvalue weighted by atomic mass is 10.0. The van der Waals surface area contributed by atoms with E-state index in [9.17, 15) is 0 Å². The lowest BCUT2D eigenvalue weighted by molar-refractivity contribution is 0.183. The smallest absolute Gasteiger partial charge is 0.0948 e. The van der Waals surface area contributed by atoms with Gasteiger partial charge in [0, 0.05) is 30.4 Å². The summed E-state index contributed by atoms with van der Waals surface area (Å²) in [6, 6.07) is 8.36. The molecular weight excluding hydrogens is 284 g/mol. The molecule has 4 nitrogen and oxygen atoms in total. The molecule has 0 bridgehead atoms. The molecule has 2 atom stereocenters. The van der Waals surface area contributed by atoms with E-state index >= 15 is 0 Å². The predicted octanol–water partition coefficient (Wildman–Crippen LogP) is 3.25. The fourth-order valence-electron chi connectivity index (χ4n) is 2.61. The van der Waals surface area contributed by atoms with Crippen molar-refractivity contribution in [1.82, 2.24) is 14.5 Å². The van der Waals surface area contributed by atoms with Crippen molar-refractivity contribution in [3.63, 3.8) is 0 Å². The van der Waals surface area contributed by atoms with Gasteiger partial charge < -0.3 is 10.3 Å². The number of hydrogen-bond acceptors (Lipinski definition) is 3. The third-order valence-electron chi connectivity index (χ3n) is 4.10. The number of hydrogen-bond donors (Lipinski definition) is 1. The Morgan fingerprint density at radius 1 is 1.33 bits per heavy atom. The Morgan fingerprint density at radius 2 is 2.00 bits per heavy atom. The molecule has 2 aromatic rings. The second kappa shape index (κ2) is 7.07. The number of benzene rings is 1. The highest BCUT2D eigenvalue weighted by Gasteiger charge is 2.23. The lowest BCUT2D eigenvalue weighted by Crippen LogP contribution is -2.34. The molecule has 0 fully saturated rings. The van der Waals surface area contributed by atoms with Gasteiger partial charge in [-0.3, -0.25) is 4.90 Å². The van der Waals surface area contributed by atoms with Crippen LogP contribution in [0.1, 0.15) is 37.2 Å². The molecule has 1 aromatic carbocycles. The Labute approximate surface area is 131 Å². The molecule has 114 valence electrons. The van der Waals surface area contributed by atoms with Crippen molar-refractivity contribution in [2.75, 3.05) is 13.6 Å². The summed E-state index contributed by atoms with van der Waals surface area (Å²) in [6.07, 6.45) is 3.77. The van der Waals surface area contributed by atoms with Gasteiger partial charge in [-0.2, -0.15) is 0 Å². The van der Waals surface area contributed by atoms with Crippen LogP contribution in [0.15, 0.2) is 36.8 Å². The van der Waals surface area contributed by atoms with Gasteiger partial charge in [0.2, 0.25) is 0 Å². The first-order valence-corrected chi connectivity index (χ1v) is 7.63. The Balaban J connectivity index is 2.23. The van der Waals surface area contributed by atoms with Crippen molar-refractivity contribution < 1.29 is 0 Å². The van der Waals surface area contributed by atoms with Gasteiger partial charge in [-0.05, 0) is 38.6 Å². The quantitative estimate of drug-likeness (QED) is 0.891. The molecule has 5 heteroatoms. The summed E-state index contributed by atoms with van der Waals surface area (Å²) >= 11 is 5.96. The van der Waals surface area contributed by atoms with E-state index in [1.54, 1.807) is 0 Å². The van der Waals surface area contributed by atoms with E-state index < -0.39 is 0 Å². The number of aryl methyl sites for hydroxylation is 1. The maximum atomic E-state index is 6.02. The number of nitrogens with two attached hydrogens (primary N) is 1. The Morgan fingerprint density at radius 3 is 2.57 bits per heavy atom. The molecule has 1 aromatic heterocycles. The highest BCUT2D eigenvalue weighted by molar-refractivity contribution is 6.30. The van der Waals surface area contributed by atoms with Crippen LogP contribution in [-0.2, 0) is 6.54 Å². The van der Waals surface area contributed by atoms with Gasteiger partial charge in [-0.15, -0.1) is 0 Å². The minimum atomic E-state index is 0.137. The predicted molar refractivity (Wildman–Crippen MR) is 87.3 cm³/mol. The normalized spacial score (nSPS) is 14.4. The molecule has 0 saturated heterocycles. The molecular formula is C16H23ClN4. The van der Waals surface area contributed by atoms with Crippen LogP contribution in [0.5, 0.6) is 0 Å². The summed E-state index contributed by atoms with van der Waals surface area (Å²) in [5.74, 6) is 0. The van der Waals surface area contributed by atoms with Gasteiger partial charge in [0.1, 0.15) is 0 Å². The van der Waals surface area contributed by atoms with Crippen molar-refractivity contribution in [1.29, 1.82) is 0 Å². The molecule has 0 aliphatic carbocycles. The van der Waals surface area contributed by atoms with Gasteiger partial charge in [-0.25, -0.2) is 4.98 Å². The van der Waals surface area contributed by atoms with Gasteiger partial charge >= 0.3 is 0 Å². The maximum Gasteiger partial charge on any atom is 0.0948 e. The average Bonchev–Trinajstić information content (AvgIpc) is 2.96. The molecule has 0 amide bonds. The Hall–Kier alpha value is -1.36. The van der Waals surface area contributed by atoms with Gasteiger partial charge in [0.15, 0.2) is 0 Å². The average molecular weight is 307 g/mol. The molecule has 0 aliphatic heterocycles. The first kappa shape index (κ1) is 16.0. The van der Waals surface area contributed by atoms with E-state index in [1.165, 1.54) is 5.56 Å². The van der Waals surface area contributed by atoms with Crippen LogP contribution in [0, 0.1) is 0 Å². The van der Waals surface area contributed by atoms with Crippen LogP contribution in [0.4, 0.5) is 0 Å². The second-order valence-electron chi connectivity index (χ2n) is 5.25. The largest absolute Gasteiger partial charge is 0.333 e. The molecule has 2 rings (SSSR count). The van der Waals surface area contributed by atoms with Crippen molar-refractivity contribution in [3.05, 3.63) is 53.1 Å². The summed E-state index contributed by atoms with van der Waals surface area (Å²) in [6.45, 7) is 5.75. The third-order valence-corrected chi connectivity index (χ3v) is 4.36. The summed E-state index contributed by atoms with van der Waals surface area (Å²) in [5.41, 5.74) is 8.41. The Kier molecular flexibility index (Phi) is 5.39. The zero-order valence-electron chi connectivity index (χ0n) is 12.8. The van der Waals surface area contributed by atoms with Gasteiger partial charge in [-0.1, -0.05) is 23.7 Å².